The second-order valence-electron chi connectivity index (χ2n) is 3.37. The zero-order valence-corrected chi connectivity index (χ0v) is 9.57. The molecule has 2 heterocycles. The Morgan fingerprint density at radius 1 is 1.62 bits per heavy atom. The lowest BCUT2D eigenvalue weighted by atomic mass is 10.3. The van der Waals surface area contributed by atoms with E-state index < -0.39 is 5.79 Å². The van der Waals surface area contributed by atoms with Gasteiger partial charge in [0.25, 0.3) is 0 Å². The summed E-state index contributed by atoms with van der Waals surface area (Å²) in [6.45, 7) is 4.31. The molecule has 1 unspecified atom stereocenters. The lowest BCUT2D eigenvalue weighted by Gasteiger charge is -2.15. The van der Waals surface area contributed by atoms with E-state index in [-0.39, 0.29) is 6.10 Å². The maximum absolute atomic E-state index is 5.60. The number of hydrogen-bond donors (Lipinski definition) is 0. The molecule has 0 bridgehead atoms. The van der Waals surface area contributed by atoms with E-state index >= 15 is 0 Å². The third-order valence-corrected chi connectivity index (χ3v) is 2.35. The average molecular weight is 295 g/mol. The van der Waals surface area contributed by atoms with E-state index in [2.05, 4.69) is 27.7 Å². The van der Waals surface area contributed by atoms with Gasteiger partial charge in [0.05, 0.1) is 6.61 Å². The van der Waals surface area contributed by atoms with E-state index in [9.17, 15) is 0 Å². The van der Waals surface area contributed by atoms with Crippen molar-refractivity contribution < 1.29 is 14.0 Å². The molecule has 4 nitrogen and oxygen atoms in total. The van der Waals surface area contributed by atoms with E-state index in [0.717, 1.165) is 9.46 Å². The molecule has 0 spiro atoms. The second kappa shape index (κ2) is 3.21. The number of nitrogens with zero attached hydrogens (tertiary/aromatic N) is 1. The summed E-state index contributed by atoms with van der Waals surface area (Å²) < 4.78 is 16.7. The molecule has 0 aliphatic carbocycles. The molecular formula is C8H10INO3. The standard InChI is InChI=1S/C8H10INO3/c1-8(2)11-4-6(12-8)5-3-7(9)13-10-5/h3,6H,4H2,1-2H3. The first-order valence-electron chi connectivity index (χ1n) is 4.01. The number of rotatable bonds is 1. The van der Waals surface area contributed by atoms with E-state index in [1.54, 1.807) is 0 Å². The van der Waals surface area contributed by atoms with Crippen LogP contribution >= 0.6 is 22.6 Å². The highest BCUT2D eigenvalue weighted by atomic mass is 127. The zero-order valence-electron chi connectivity index (χ0n) is 7.41. The summed E-state index contributed by atoms with van der Waals surface area (Å²) in [6, 6.07) is 1.86. The highest BCUT2D eigenvalue weighted by Crippen LogP contribution is 2.32. The van der Waals surface area contributed by atoms with Crippen LogP contribution in [-0.2, 0) is 9.47 Å². The summed E-state index contributed by atoms with van der Waals surface area (Å²) in [7, 11) is 0. The molecule has 1 aliphatic heterocycles. The fraction of sp³-hybridized carbons (Fsp3) is 0.625. The largest absolute Gasteiger partial charge is 0.350 e. The Balaban J connectivity index is 2.12. The first kappa shape index (κ1) is 9.42. The molecule has 1 aromatic heterocycles. The normalized spacial score (nSPS) is 26.5. The van der Waals surface area contributed by atoms with Crippen molar-refractivity contribution in [1.82, 2.24) is 5.16 Å². The van der Waals surface area contributed by atoms with Gasteiger partial charge in [0.15, 0.2) is 9.55 Å². The van der Waals surface area contributed by atoms with Crippen LogP contribution in [-0.4, -0.2) is 17.6 Å². The third kappa shape index (κ3) is 2.03. The first-order valence-corrected chi connectivity index (χ1v) is 5.08. The molecule has 1 aliphatic rings. The van der Waals surface area contributed by atoms with Crippen molar-refractivity contribution in [2.45, 2.75) is 25.7 Å². The average Bonchev–Trinajstić information content (AvgIpc) is 2.56. The van der Waals surface area contributed by atoms with Crippen LogP contribution in [0.4, 0.5) is 0 Å². The Bertz CT molecular complexity index is 310. The predicted octanol–water partition coefficient (Wildman–Crippen LogP) is 2.10. The van der Waals surface area contributed by atoms with Crippen LogP contribution in [0.1, 0.15) is 25.6 Å². The highest BCUT2D eigenvalue weighted by molar-refractivity contribution is 14.1. The van der Waals surface area contributed by atoms with Crippen LogP contribution in [0.25, 0.3) is 0 Å². The quantitative estimate of drug-likeness (QED) is 0.744. The zero-order chi connectivity index (χ0) is 9.47. The van der Waals surface area contributed by atoms with Gasteiger partial charge in [-0.05, 0) is 13.8 Å². The molecule has 13 heavy (non-hydrogen) atoms. The highest BCUT2D eigenvalue weighted by Gasteiger charge is 2.35. The molecule has 1 fully saturated rings. The van der Waals surface area contributed by atoms with E-state index in [0.29, 0.717) is 6.61 Å². The van der Waals surface area contributed by atoms with Crippen molar-refractivity contribution in [3.63, 3.8) is 0 Å². The number of ether oxygens (including phenoxy) is 2. The summed E-state index contributed by atoms with van der Waals surface area (Å²) in [4.78, 5) is 0. The van der Waals surface area contributed by atoms with Crippen LogP contribution in [0, 0.1) is 3.77 Å². The summed E-state index contributed by atoms with van der Waals surface area (Å²) in [5.74, 6) is -0.505. The van der Waals surface area contributed by atoms with Crippen LogP contribution in [0.15, 0.2) is 10.6 Å². The van der Waals surface area contributed by atoms with Crippen molar-refractivity contribution in [3.05, 3.63) is 15.5 Å². The van der Waals surface area contributed by atoms with E-state index in [4.69, 9.17) is 14.0 Å². The maximum atomic E-state index is 5.60. The van der Waals surface area contributed by atoms with Gasteiger partial charge < -0.3 is 14.0 Å². The molecule has 1 atom stereocenters. The fourth-order valence-corrected chi connectivity index (χ4v) is 1.67. The Morgan fingerprint density at radius 2 is 2.38 bits per heavy atom. The second-order valence-corrected chi connectivity index (χ2v) is 4.44. The Morgan fingerprint density at radius 3 is 2.85 bits per heavy atom. The number of hydrogen-bond acceptors (Lipinski definition) is 4. The van der Waals surface area contributed by atoms with Crippen molar-refractivity contribution in [1.29, 1.82) is 0 Å². The van der Waals surface area contributed by atoms with Crippen LogP contribution in [0.2, 0.25) is 0 Å². The molecule has 0 radical (unpaired) electrons. The van der Waals surface area contributed by atoms with Gasteiger partial charge in [0, 0.05) is 28.7 Å². The molecule has 0 amide bonds. The summed E-state index contributed by atoms with van der Waals surface area (Å²) in [6.07, 6.45) is -0.0951. The van der Waals surface area contributed by atoms with Crippen molar-refractivity contribution >= 4 is 22.6 Å². The topological polar surface area (TPSA) is 44.5 Å². The predicted molar refractivity (Wildman–Crippen MR) is 53.1 cm³/mol. The molecule has 1 saturated heterocycles. The van der Waals surface area contributed by atoms with Gasteiger partial charge in [-0.2, -0.15) is 0 Å². The number of aromatic nitrogens is 1. The molecule has 2 rings (SSSR count). The van der Waals surface area contributed by atoms with Crippen molar-refractivity contribution in [2.75, 3.05) is 6.61 Å². The summed E-state index contributed by atoms with van der Waals surface area (Å²) >= 11 is 2.07. The van der Waals surface area contributed by atoms with Crippen molar-refractivity contribution in [2.24, 2.45) is 0 Å². The molecule has 72 valence electrons. The Kier molecular flexibility index (Phi) is 2.33. The minimum Gasteiger partial charge on any atom is -0.350 e. The number of halogens is 1. The lowest BCUT2D eigenvalue weighted by Crippen LogP contribution is -2.19. The third-order valence-electron chi connectivity index (χ3n) is 1.84. The maximum Gasteiger partial charge on any atom is 0.196 e. The van der Waals surface area contributed by atoms with E-state index in [1.165, 1.54) is 0 Å². The first-order chi connectivity index (χ1) is 6.07. The summed E-state index contributed by atoms with van der Waals surface area (Å²) in [5, 5.41) is 3.88. The van der Waals surface area contributed by atoms with Crippen molar-refractivity contribution in [3.8, 4) is 0 Å². The monoisotopic (exact) mass is 295 g/mol. The minimum absolute atomic E-state index is 0.0951. The fourth-order valence-electron chi connectivity index (χ4n) is 1.25. The van der Waals surface area contributed by atoms with Gasteiger partial charge in [-0.1, -0.05) is 5.16 Å². The molecular weight excluding hydrogens is 285 g/mol. The van der Waals surface area contributed by atoms with Gasteiger partial charge in [0.1, 0.15) is 11.8 Å². The van der Waals surface area contributed by atoms with Gasteiger partial charge >= 0.3 is 0 Å². The SMILES string of the molecule is CC1(C)OCC(c2cc(I)on2)O1. The molecule has 0 N–H and O–H groups in total. The molecule has 0 saturated carbocycles. The minimum atomic E-state index is -0.505. The van der Waals surface area contributed by atoms with E-state index in [1.807, 2.05) is 19.9 Å². The molecule has 0 aromatic carbocycles. The Labute approximate surface area is 89.7 Å². The van der Waals surface area contributed by atoms with Gasteiger partial charge in [0.2, 0.25) is 0 Å². The molecule has 5 heteroatoms. The van der Waals surface area contributed by atoms with Gasteiger partial charge in [-0.25, -0.2) is 0 Å². The van der Waals surface area contributed by atoms with Crippen LogP contribution < -0.4 is 0 Å². The Hall–Kier alpha value is -0.140. The van der Waals surface area contributed by atoms with Crippen LogP contribution in [0.3, 0.4) is 0 Å². The summed E-state index contributed by atoms with van der Waals surface area (Å²) in [5.41, 5.74) is 0.801. The molecule has 1 aromatic rings. The van der Waals surface area contributed by atoms with Gasteiger partial charge in [-0.3, -0.25) is 0 Å². The lowest BCUT2D eigenvalue weighted by molar-refractivity contribution is -0.139. The van der Waals surface area contributed by atoms with Gasteiger partial charge in [-0.15, -0.1) is 0 Å². The smallest absolute Gasteiger partial charge is 0.196 e. The van der Waals surface area contributed by atoms with Crippen LogP contribution in [0.5, 0.6) is 0 Å².